The molecule has 0 aliphatic rings. The predicted molar refractivity (Wildman–Crippen MR) is 122 cm³/mol. The number of sulfonamides is 1. The number of hydrogen-bond acceptors (Lipinski definition) is 6. The molecule has 0 fully saturated rings. The van der Waals surface area contributed by atoms with Gasteiger partial charge in [0.25, 0.3) is 10.0 Å². The third-order valence-corrected chi connectivity index (χ3v) is 6.33. The Morgan fingerprint density at radius 1 is 1.16 bits per heavy atom. The van der Waals surface area contributed by atoms with Crippen LogP contribution in [0.1, 0.15) is 56.8 Å². The van der Waals surface area contributed by atoms with Crippen molar-refractivity contribution in [3.63, 3.8) is 0 Å². The van der Waals surface area contributed by atoms with Gasteiger partial charge in [0.05, 0.1) is 15.6 Å². The van der Waals surface area contributed by atoms with Gasteiger partial charge >= 0.3 is 5.97 Å². The largest absolute Gasteiger partial charge is 0.475 e. The number of carbonyl (C=O) groups is 1. The summed E-state index contributed by atoms with van der Waals surface area (Å²) in [5.41, 5.74) is 1.04. The molecule has 0 amide bonds. The van der Waals surface area contributed by atoms with Crippen LogP contribution >= 0.6 is 11.6 Å². The highest BCUT2D eigenvalue weighted by Crippen LogP contribution is 2.31. The maximum Gasteiger partial charge on any atom is 0.374 e. The maximum atomic E-state index is 13.1. The first kappa shape index (κ1) is 23.7. The highest BCUT2D eigenvalue weighted by molar-refractivity contribution is 7.92. The lowest BCUT2D eigenvalue weighted by Gasteiger charge is -2.19. The zero-order chi connectivity index (χ0) is 23.8. The van der Waals surface area contributed by atoms with Crippen LogP contribution in [0.3, 0.4) is 0 Å². The molecule has 0 saturated heterocycles. The van der Waals surface area contributed by atoms with E-state index in [0.29, 0.717) is 0 Å². The standard InChI is InChI=1S/C21H24ClN5O4S/c1-12(2)27-18(24-25-19(27)20(28)29)17-16(10-14(22)11-23-17)26-32(30,31)15-8-6-13(7-9-15)21(3,4)5/h6-12,26H,1-5H3,(H,28,29). The number of pyridine rings is 1. The Hall–Kier alpha value is -2.98. The van der Waals surface area contributed by atoms with Gasteiger partial charge in [0.1, 0.15) is 5.69 Å². The molecule has 2 aromatic heterocycles. The molecule has 9 nitrogen and oxygen atoms in total. The zero-order valence-corrected chi connectivity index (χ0v) is 19.9. The topological polar surface area (TPSA) is 127 Å². The van der Waals surface area contributed by atoms with Gasteiger partial charge in [-0.2, -0.15) is 0 Å². The smallest absolute Gasteiger partial charge is 0.374 e. The van der Waals surface area contributed by atoms with E-state index < -0.39 is 16.0 Å². The second-order valence-corrected chi connectivity index (χ2v) is 10.7. The lowest BCUT2D eigenvalue weighted by atomic mass is 9.87. The second-order valence-electron chi connectivity index (χ2n) is 8.55. The van der Waals surface area contributed by atoms with Crippen molar-refractivity contribution in [3.05, 3.63) is 52.9 Å². The number of carboxylic acids is 1. The van der Waals surface area contributed by atoms with Gasteiger partial charge in [-0.15, -0.1) is 10.2 Å². The molecule has 2 N–H and O–H groups in total. The normalized spacial score (nSPS) is 12.2. The van der Waals surface area contributed by atoms with E-state index in [1.54, 1.807) is 26.0 Å². The van der Waals surface area contributed by atoms with Crippen LogP contribution in [0.4, 0.5) is 5.69 Å². The molecule has 1 aromatic carbocycles. The van der Waals surface area contributed by atoms with E-state index >= 15 is 0 Å². The third kappa shape index (κ3) is 4.76. The number of anilines is 1. The minimum atomic E-state index is -3.99. The fraction of sp³-hybridized carbons (Fsp3) is 0.333. The van der Waals surface area contributed by atoms with Gasteiger partial charge in [0.2, 0.25) is 5.82 Å². The van der Waals surface area contributed by atoms with Crippen molar-refractivity contribution in [2.75, 3.05) is 4.72 Å². The number of aromatic nitrogens is 4. The molecular formula is C21H24ClN5O4S. The molecule has 3 aromatic rings. The van der Waals surface area contributed by atoms with Gasteiger partial charge < -0.3 is 5.11 Å². The molecule has 170 valence electrons. The van der Waals surface area contributed by atoms with Crippen LogP contribution in [0.2, 0.25) is 5.02 Å². The van der Waals surface area contributed by atoms with Gasteiger partial charge in [-0.05, 0) is 43.0 Å². The molecule has 32 heavy (non-hydrogen) atoms. The highest BCUT2D eigenvalue weighted by Gasteiger charge is 2.26. The Morgan fingerprint density at radius 2 is 1.78 bits per heavy atom. The number of hydrogen-bond donors (Lipinski definition) is 2. The summed E-state index contributed by atoms with van der Waals surface area (Å²) in [5, 5.41) is 17.3. The van der Waals surface area contributed by atoms with E-state index in [-0.39, 0.29) is 44.4 Å². The van der Waals surface area contributed by atoms with Crippen LogP contribution < -0.4 is 4.72 Å². The molecule has 0 atom stereocenters. The zero-order valence-electron chi connectivity index (χ0n) is 18.3. The molecule has 0 bridgehead atoms. The summed E-state index contributed by atoms with van der Waals surface area (Å²) in [6.07, 6.45) is 1.33. The molecule has 0 aliphatic carbocycles. The molecule has 0 radical (unpaired) electrons. The summed E-state index contributed by atoms with van der Waals surface area (Å²) in [6.45, 7) is 9.63. The molecular weight excluding hydrogens is 454 g/mol. The highest BCUT2D eigenvalue weighted by atomic mass is 35.5. The number of benzene rings is 1. The van der Waals surface area contributed by atoms with Gasteiger partial charge in [0, 0.05) is 12.2 Å². The molecule has 0 spiro atoms. The van der Waals surface area contributed by atoms with E-state index in [9.17, 15) is 18.3 Å². The van der Waals surface area contributed by atoms with Crippen LogP contribution in [-0.2, 0) is 15.4 Å². The number of halogens is 1. The Kier molecular flexibility index (Phi) is 6.30. The van der Waals surface area contributed by atoms with Crippen molar-refractivity contribution in [2.24, 2.45) is 0 Å². The fourth-order valence-electron chi connectivity index (χ4n) is 3.12. The van der Waals surface area contributed by atoms with E-state index in [4.69, 9.17) is 11.6 Å². The summed E-state index contributed by atoms with van der Waals surface area (Å²) in [7, 11) is -3.99. The number of nitrogens with zero attached hydrogens (tertiary/aromatic N) is 4. The van der Waals surface area contributed by atoms with Gasteiger partial charge in [0.15, 0.2) is 5.82 Å². The van der Waals surface area contributed by atoms with Crippen molar-refractivity contribution >= 4 is 33.3 Å². The van der Waals surface area contributed by atoms with Crippen molar-refractivity contribution in [2.45, 2.75) is 51.0 Å². The molecule has 0 saturated carbocycles. The van der Waals surface area contributed by atoms with E-state index in [1.807, 2.05) is 20.8 Å². The van der Waals surface area contributed by atoms with Crippen LogP contribution in [0.5, 0.6) is 0 Å². The minimum absolute atomic E-state index is 0.0589. The van der Waals surface area contributed by atoms with E-state index in [1.165, 1.54) is 29.0 Å². The summed E-state index contributed by atoms with van der Waals surface area (Å²) in [6, 6.07) is 7.66. The third-order valence-electron chi connectivity index (χ3n) is 4.74. The van der Waals surface area contributed by atoms with Crippen molar-refractivity contribution < 1.29 is 18.3 Å². The van der Waals surface area contributed by atoms with Crippen LogP contribution in [0, 0.1) is 0 Å². The molecule has 0 unspecified atom stereocenters. The van der Waals surface area contributed by atoms with Crippen LogP contribution in [-0.4, -0.2) is 39.2 Å². The van der Waals surface area contributed by atoms with Gasteiger partial charge in [-0.25, -0.2) is 18.2 Å². The quantitative estimate of drug-likeness (QED) is 0.539. The molecule has 2 heterocycles. The first-order valence-corrected chi connectivity index (χ1v) is 11.6. The lowest BCUT2D eigenvalue weighted by molar-refractivity contribution is 0.0676. The fourth-order valence-corrected chi connectivity index (χ4v) is 4.34. The Balaban J connectivity index is 2.08. The number of rotatable bonds is 6. The Morgan fingerprint density at radius 3 is 2.31 bits per heavy atom. The summed E-state index contributed by atoms with van der Waals surface area (Å²) >= 11 is 6.07. The number of carboxylic acid groups (broad SMARTS) is 1. The van der Waals surface area contributed by atoms with Gasteiger partial charge in [-0.3, -0.25) is 9.29 Å². The molecule has 0 aliphatic heterocycles. The first-order valence-electron chi connectivity index (χ1n) is 9.78. The number of aromatic carboxylic acids is 1. The predicted octanol–water partition coefficient (Wildman–Crippen LogP) is 4.37. The maximum absolute atomic E-state index is 13.1. The lowest BCUT2D eigenvalue weighted by Crippen LogP contribution is -2.17. The average molecular weight is 478 g/mol. The summed E-state index contributed by atoms with van der Waals surface area (Å²) in [4.78, 5) is 15.8. The summed E-state index contributed by atoms with van der Waals surface area (Å²) < 4.78 is 30.0. The molecule has 3 rings (SSSR count). The Bertz CT molecular complexity index is 1260. The SMILES string of the molecule is CC(C)n1c(C(=O)O)nnc1-c1ncc(Cl)cc1NS(=O)(=O)c1ccc(C(C)(C)C)cc1. The van der Waals surface area contributed by atoms with E-state index in [0.717, 1.165) is 5.56 Å². The van der Waals surface area contributed by atoms with Crippen LogP contribution in [0.25, 0.3) is 11.5 Å². The van der Waals surface area contributed by atoms with E-state index in [2.05, 4.69) is 19.9 Å². The van der Waals surface area contributed by atoms with Gasteiger partial charge in [-0.1, -0.05) is 44.5 Å². The average Bonchev–Trinajstić information content (AvgIpc) is 3.13. The van der Waals surface area contributed by atoms with Crippen molar-refractivity contribution in [3.8, 4) is 11.5 Å². The molecule has 11 heteroatoms. The van der Waals surface area contributed by atoms with Crippen molar-refractivity contribution in [1.29, 1.82) is 0 Å². The summed E-state index contributed by atoms with van der Waals surface area (Å²) in [5.74, 6) is -1.43. The van der Waals surface area contributed by atoms with Crippen LogP contribution in [0.15, 0.2) is 41.4 Å². The monoisotopic (exact) mass is 477 g/mol. The minimum Gasteiger partial charge on any atom is -0.475 e. The first-order chi connectivity index (χ1) is 14.8. The Labute approximate surface area is 191 Å². The number of nitrogens with one attached hydrogen (secondary N) is 1. The second kappa shape index (κ2) is 8.51. The van der Waals surface area contributed by atoms with Crippen molar-refractivity contribution in [1.82, 2.24) is 19.7 Å².